The molecule has 3 rings (SSSR count). The smallest absolute Gasteiger partial charge is 0.167 e. The number of nitrogens with zero attached hydrogens (tertiary/aromatic N) is 1. The lowest BCUT2D eigenvalue weighted by Crippen LogP contribution is -2.42. The van der Waals surface area contributed by atoms with Crippen molar-refractivity contribution in [2.75, 3.05) is 5.73 Å². The van der Waals surface area contributed by atoms with Crippen LogP contribution in [-0.4, -0.2) is 4.98 Å². The summed E-state index contributed by atoms with van der Waals surface area (Å²) < 4.78 is 33.7. The Morgan fingerprint density at radius 3 is 2.52 bits per heavy atom. The molecule has 1 saturated carbocycles. The highest BCUT2D eigenvalue weighted by Crippen LogP contribution is 2.45. The SMILES string of the molecule is Nc1ccc(OC2(c3ncc(Cl)cc3F)CCC2)c(F)c1. The van der Waals surface area contributed by atoms with Crippen molar-refractivity contribution in [1.29, 1.82) is 0 Å². The van der Waals surface area contributed by atoms with E-state index in [-0.39, 0.29) is 16.5 Å². The third kappa shape index (κ3) is 2.53. The molecular weight excluding hydrogens is 298 g/mol. The number of hydrogen-bond acceptors (Lipinski definition) is 3. The van der Waals surface area contributed by atoms with E-state index in [1.807, 2.05) is 0 Å². The molecule has 2 N–H and O–H groups in total. The van der Waals surface area contributed by atoms with Gasteiger partial charge in [-0.3, -0.25) is 4.98 Å². The Labute approximate surface area is 125 Å². The summed E-state index contributed by atoms with van der Waals surface area (Å²) in [7, 11) is 0. The van der Waals surface area contributed by atoms with Gasteiger partial charge in [0, 0.05) is 18.0 Å². The topological polar surface area (TPSA) is 48.1 Å². The maximum Gasteiger partial charge on any atom is 0.167 e. The molecule has 6 heteroatoms. The number of hydrogen-bond donors (Lipinski definition) is 1. The first-order chi connectivity index (χ1) is 10.00. The summed E-state index contributed by atoms with van der Waals surface area (Å²) in [4.78, 5) is 4.04. The number of rotatable bonds is 3. The minimum atomic E-state index is -0.939. The lowest BCUT2D eigenvalue weighted by atomic mass is 9.77. The number of aromatic nitrogens is 1. The van der Waals surface area contributed by atoms with Gasteiger partial charge in [0.15, 0.2) is 17.2 Å². The predicted octanol–water partition coefficient (Wildman–Crippen LogP) is 4.05. The fraction of sp³-hybridized carbons (Fsp3) is 0.267. The van der Waals surface area contributed by atoms with Gasteiger partial charge in [-0.05, 0) is 37.5 Å². The van der Waals surface area contributed by atoms with Crippen molar-refractivity contribution in [2.24, 2.45) is 0 Å². The largest absolute Gasteiger partial charge is 0.478 e. The molecule has 21 heavy (non-hydrogen) atoms. The third-order valence-electron chi connectivity index (χ3n) is 3.66. The molecule has 1 aliphatic rings. The molecule has 110 valence electrons. The molecule has 0 saturated heterocycles. The van der Waals surface area contributed by atoms with Crippen LogP contribution in [0.5, 0.6) is 5.75 Å². The summed E-state index contributed by atoms with van der Waals surface area (Å²) in [5, 5.41) is 0.212. The molecule has 0 bridgehead atoms. The van der Waals surface area contributed by atoms with E-state index in [2.05, 4.69) is 4.98 Å². The van der Waals surface area contributed by atoms with Crippen LogP contribution in [0.25, 0.3) is 0 Å². The van der Waals surface area contributed by atoms with Gasteiger partial charge in [-0.25, -0.2) is 8.78 Å². The molecule has 3 nitrogen and oxygen atoms in total. The van der Waals surface area contributed by atoms with E-state index >= 15 is 0 Å². The van der Waals surface area contributed by atoms with E-state index in [0.29, 0.717) is 18.5 Å². The molecular formula is C15H13ClF2N2O. The number of benzene rings is 1. The molecule has 0 amide bonds. The summed E-state index contributed by atoms with van der Waals surface area (Å²) in [5.41, 5.74) is 5.03. The Morgan fingerprint density at radius 1 is 1.19 bits per heavy atom. The van der Waals surface area contributed by atoms with Crippen LogP contribution < -0.4 is 10.5 Å². The molecule has 0 radical (unpaired) electrons. The van der Waals surface area contributed by atoms with Crippen LogP contribution in [-0.2, 0) is 5.60 Å². The van der Waals surface area contributed by atoms with Gasteiger partial charge in [0.2, 0.25) is 0 Å². The molecule has 1 heterocycles. The zero-order valence-corrected chi connectivity index (χ0v) is 11.8. The first-order valence-corrected chi connectivity index (χ1v) is 6.93. The summed E-state index contributed by atoms with van der Waals surface area (Å²) >= 11 is 5.71. The second kappa shape index (κ2) is 5.15. The Hall–Kier alpha value is -1.88. The number of ether oxygens (including phenoxy) is 1. The molecule has 0 unspecified atom stereocenters. The number of pyridine rings is 1. The zero-order chi connectivity index (χ0) is 15.0. The van der Waals surface area contributed by atoms with Crippen molar-refractivity contribution < 1.29 is 13.5 Å². The maximum atomic E-state index is 14.1. The maximum absolute atomic E-state index is 14.1. The second-order valence-corrected chi connectivity index (χ2v) is 5.56. The van der Waals surface area contributed by atoms with E-state index in [1.165, 1.54) is 30.5 Å². The first-order valence-electron chi connectivity index (χ1n) is 6.56. The third-order valence-corrected chi connectivity index (χ3v) is 3.87. The van der Waals surface area contributed by atoms with Gasteiger partial charge in [-0.1, -0.05) is 11.6 Å². The van der Waals surface area contributed by atoms with Crippen molar-refractivity contribution in [3.8, 4) is 5.75 Å². The Bertz CT molecular complexity index is 689. The van der Waals surface area contributed by atoms with Crippen molar-refractivity contribution in [3.05, 3.63) is 52.8 Å². The van der Waals surface area contributed by atoms with E-state index in [9.17, 15) is 8.78 Å². The first kappa shape index (κ1) is 14.1. The van der Waals surface area contributed by atoms with Crippen LogP contribution in [0.4, 0.5) is 14.5 Å². The molecule has 0 atom stereocenters. The normalized spacial score (nSPS) is 16.3. The summed E-state index contributed by atoms with van der Waals surface area (Å²) in [6.45, 7) is 0. The molecule has 1 aliphatic carbocycles. The average Bonchev–Trinajstić information content (AvgIpc) is 2.37. The standard InChI is InChI=1S/C15H13ClF2N2O/c16-9-6-12(18)14(20-8-9)15(4-1-5-15)21-13-3-2-10(19)7-11(13)17/h2-3,6-8H,1,4-5,19H2. The van der Waals surface area contributed by atoms with Crippen LogP contribution in [0.1, 0.15) is 25.0 Å². The lowest BCUT2D eigenvalue weighted by Gasteiger charge is -2.41. The van der Waals surface area contributed by atoms with Crippen LogP contribution in [0.3, 0.4) is 0 Å². The number of halogens is 3. The summed E-state index contributed by atoms with van der Waals surface area (Å²) in [5.74, 6) is -1.08. The second-order valence-electron chi connectivity index (χ2n) is 5.12. The quantitative estimate of drug-likeness (QED) is 0.870. The molecule has 2 aromatic rings. The fourth-order valence-corrected chi connectivity index (χ4v) is 2.59. The van der Waals surface area contributed by atoms with Gasteiger partial charge >= 0.3 is 0 Å². The van der Waals surface area contributed by atoms with Crippen molar-refractivity contribution in [1.82, 2.24) is 4.98 Å². The van der Waals surface area contributed by atoms with Crippen LogP contribution >= 0.6 is 11.6 Å². The van der Waals surface area contributed by atoms with Crippen LogP contribution in [0.2, 0.25) is 5.02 Å². The Morgan fingerprint density at radius 2 is 1.95 bits per heavy atom. The highest BCUT2D eigenvalue weighted by atomic mass is 35.5. The highest BCUT2D eigenvalue weighted by molar-refractivity contribution is 6.30. The molecule has 1 aromatic heterocycles. The van der Waals surface area contributed by atoms with Gasteiger partial charge in [-0.15, -0.1) is 0 Å². The monoisotopic (exact) mass is 310 g/mol. The molecule has 0 aliphatic heterocycles. The van der Waals surface area contributed by atoms with Crippen LogP contribution in [0, 0.1) is 11.6 Å². The van der Waals surface area contributed by atoms with Gasteiger partial charge in [0.25, 0.3) is 0 Å². The van der Waals surface area contributed by atoms with Gasteiger partial charge in [0.1, 0.15) is 11.5 Å². The van der Waals surface area contributed by atoms with Gasteiger partial charge in [-0.2, -0.15) is 0 Å². The fourth-order valence-electron chi connectivity index (χ4n) is 2.45. The van der Waals surface area contributed by atoms with E-state index < -0.39 is 17.2 Å². The Kier molecular flexibility index (Phi) is 3.45. The zero-order valence-electron chi connectivity index (χ0n) is 11.1. The molecule has 1 fully saturated rings. The highest BCUT2D eigenvalue weighted by Gasteiger charge is 2.45. The molecule has 1 aromatic carbocycles. The van der Waals surface area contributed by atoms with Gasteiger partial charge in [0.05, 0.1) is 5.02 Å². The van der Waals surface area contributed by atoms with Crippen molar-refractivity contribution in [3.63, 3.8) is 0 Å². The number of nitrogen functional groups attached to an aromatic ring is 1. The molecule has 0 spiro atoms. The average molecular weight is 311 g/mol. The number of nitrogens with two attached hydrogens (primary N) is 1. The van der Waals surface area contributed by atoms with Crippen molar-refractivity contribution >= 4 is 17.3 Å². The van der Waals surface area contributed by atoms with Crippen molar-refractivity contribution in [2.45, 2.75) is 24.9 Å². The summed E-state index contributed by atoms with van der Waals surface area (Å²) in [6.07, 6.45) is 3.37. The van der Waals surface area contributed by atoms with Gasteiger partial charge < -0.3 is 10.5 Å². The predicted molar refractivity (Wildman–Crippen MR) is 76.2 cm³/mol. The van der Waals surface area contributed by atoms with E-state index in [4.69, 9.17) is 22.1 Å². The van der Waals surface area contributed by atoms with E-state index in [1.54, 1.807) is 0 Å². The number of anilines is 1. The Balaban J connectivity index is 1.97. The minimum absolute atomic E-state index is 0.0417. The van der Waals surface area contributed by atoms with E-state index in [0.717, 1.165) is 6.42 Å². The van der Waals surface area contributed by atoms with Crippen LogP contribution in [0.15, 0.2) is 30.5 Å². The summed E-state index contributed by atoms with van der Waals surface area (Å²) in [6, 6.07) is 5.34. The minimum Gasteiger partial charge on any atom is -0.478 e. The lowest BCUT2D eigenvalue weighted by molar-refractivity contribution is -0.0223.